The number of aliphatic hydroxyl groups is 1. The van der Waals surface area contributed by atoms with Crippen molar-refractivity contribution >= 4 is 11.8 Å². The summed E-state index contributed by atoms with van der Waals surface area (Å²) < 4.78 is 5.06. The number of rotatable bonds is 3. The van der Waals surface area contributed by atoms with Gasteiger partial charge in [0.15, 0.2) is 0 Å². The van der Waals surface area contributed by atoms with Crippen molar-refractivity contribution in [2.75, 3.05) is 0 Å². The third-order valence-corrected chi connectivity index (χ3v) is 5.04. The van der Waals surface area contributed by atoms with Gasteiger partial charge in [-0.05, 0) is 64.2 Å². The highest BCUT2D eigenvalue weighted by Crippen LogP contribution is 2.61. The standard InChI is InChI=1S/C15H22O4/c1-9(2)19-13(17)12(16)14-4-10-3-11(5-14)7-15(18,6-10)8-14/h9-11,18H,3-8H2,1-2H3/t10-,11+,14?,15?. The maximum atomic E-state index is 12.5. The van der Waals surface area contributed by atoms with Crippen LogP contribution in [0.15, 0.2) is 0 Å². The summed E-state index contributed by atoms with van der Waals surface area (Å²) in [7, 11) is 0. The van der Waals surface area contributed by atoms with E-state index in [0.717, 1.165) is 32.1 Å². The van der Waals surface area contributed by atoms with E-state index in [1.165, 1.54) is 0 Å². The second-order valence-corrected chi connectivity index (χ2v) is 7.25. The fourth-order valence-corrected chi connectivity index (χ4v) is 4.96. The smallest absolute Gasteiger partial charge is 0.375 e. The molecular weight excluding hydrogens is 244 g/mol. The van der Waals surface area contributed by atoms with E-state index in [1.807, 2.05) is 0 Å². The summed E-state index contributed by atoms with van der Waals surface area (Å²) in [4.78, 5) is 24.4. The van der Waals surface area contributed by atoms with Crippen molar-refractivity contribution in [1.29, 1.82) is 0 Å². The number of carbonyl (C=O) groups is 2. The Hall–Kier alpha value is -0.900. The van der Waals surface area contributed by atoms with Crippen molar-refractivity contribution in [1.82, 2.24) is 0 Å². The van der Waals surface area contributed by atoms with Gasteiger partial charge in [-0.15, -0.1) is 0 Å². The molecule has 4 aliphatic carbocycles. The van der Waals surface area contributed by atoms with Crippen LogP contribution in [0, 0.1) is 17.3 Å². The fourth-order valence-electron chi connectivity index (χ4n) is 4.96. The van der Waals surface area contributed by atoms with E-state index in [2.05, 4.69) is 0 Å². The molecule has 1 N–H and O–H groups in total. The van der Waals surface area contributed by atoms with E-state index in [9.17, 15) is 14.7 Å². The van der Waals surface area contributed by atoms with Crippen LogP contribution in [0.1, 0.15) is 52.4 Å². The number of ketones is 1. The van der Waals surface area contributed by atoms with Gasteiger partial charge in [-0.25, -0.2) is 4.79 Å². The Morgan fingerprint density at radius 3 is 2.21 bits per heavy atom. The summed E-state index contributed by atoms with van der Waals surface area (Å²) in [6, 6.07) is 0. The normalized spacial score (nSPS) is 43.6. The zero-order valence-electron chi connectivity index (χ0n) is 11.6. The highest BCUT2D eigenvalue weighted by atomic mass is 16.5. The molecule has 0 radical (unpaired) electrons. The molecule has 0 aromatic carbocycles. The lowest BCUT2D eigenvalue weighted by Crippen LogP contribution is -2.59. The van der Waals surface area contributed by atoms with Gasteiger partial charge in [-0.2, -0.15) is 0 Å². The summed E-state index contributed by atoms with van der Waals surface area (Å²) >= 11 is 0. The fraction of sp³-hybridized carbons (Fsp3) is 0.867. The highest BCUT2D eigenvalue weighted by Gasteiger charge is 2.61. The first kappa shape index (κ1) is 13.1. The number of hydrogen-bond donors (Lipinski definition) is 1. The minimum Gasteiger partial charge on any atom is -0.457 e. The van der Waals surface area contributed by atoms with Crippen molar-refractivity contribution < 1.29 is 19.4 Å². The Kier molecular flexibility index (Phi) is 2.79. The third-order valence-electron chi connectivity index (χ3n) is 5.04. The molecule has 4 atom stereocenters. The lowest BCUT2D eigenvalue weighted by Gasteiger charge is -2.59. The first-order chi connectivity index (χ1) is 8.82. The molecule has 4 heteroatoms. The van der Waals surface area contributed by atoms with Crippen LogP contribution in [0.5, 0.6) is 0 Å². The van der Waals surface area contributed by atoms with Gasteiger partial charge in [0.05, 0.1) is 11.7 Å². The molecule has 0 saturated heterocycles. The molecule has 0 amide bonds. The molecule has 4 aliphatic rings. The number of carbonyl (C=O) groups excluding carboxylic acids is 2. The SMILES string of the molecule is CC(C)OC(=O)C(=O)C12C[C@@H]3C[C@@H](CC(O)(C3)C1)C2. The Morgan fingerprint density at radius 1 is 1.16 bits per heavy atom. The van der Waals surface area contributed by atoms with Crippen LogP contribution in [0.4, 0.5) is 0 Å². The first-order valence-corrected chi connectivity index (χ1v) is 7.30. The summed E-state index contributed by atoms with van der Waals surface area (Å²) in [5.41, 5.74) is -1.34. The molecule has 0 spiro atoms. The number of Topliss-reactive ketones (excluding diaryl/α,β-unsaturated/α-hetero) is 1. The van der Waals surface area contributed by atoms with Gasteiger partial charge >= 0.3 is 5.97 Å². The Morgan fingerprint density at radius 2 is 1.74 bits per heavy atom. The van der Waals surface area contributed by atoms with E-state index in [0.29, 0.717) is 18.3 Å². The lowest BCUT2D eigenvalue weighted by molar-refractivity contribution is -0.185. The zero-order chi connectivity index (χ0) is 13.8. The molecular formula is C15H22O4. The molecule has 2 unspecified atom stereocenters. The van der Waals surface area contributed by atoms with Crippen LogP contribution in [-0.2, 0) is 14.3 Å². The molecule has 19 heavy (non-hydrogen) atoms. The molecule has 4 bridgehead atoms. The van der Waals surface area contributed by atoms with Gasteiger partial charge in [-0.1, -0.05) is 0 Å². The summed E-state index contributed by atoms with van der Waals surface area (Å²) in [5.74, 6) is -0.293. The number of esters is 1. The van der Waals surface area contributed by atoms with Crippen molar-refractivity contribution in [2.24, 2.45) is 17.3 Å². The topological polar surface area (TPSA) is 63.6 Å². The van der Waals surface area contributed by atoms with Crippen molar-refractivity contribution in [3.63, 3.8) is 0 Å². The van der Waals surface area contributed by atoms with E-state index < -0.39 is 22.8 Å². The Labute approximate surface area is 113 Å². The summed E-state index contributed by atoms with van der Waals surface area (Å²) in [6.45, 7) is 3.50. The van der Waals surface area contributed by atoms with Crippen LogP contribution in [0.3, 0.4) is 0 Å². The van der Waals surface area contributed by atoms with Gasteiger partial charge in [0.1, 0.15) is 0 Å². The Bertz CT molecular complexity index is 412. The third kappa shape index (κ3) is 2.10. The zero-order valence-corrected chi connectivity index (χ0v) is 11.6. The van der Waals surface area contributed by atoms with Crippen LogP contribution < -0.4 is 0 Å². The second-order valence-electron chi connectivity index (χ2n) is 7.25. The highest BCUT2D eigenvalue weighted by molar-refractivity contribution is 6.35. The second kappa shape index (κ2) is 4.05. The number of ether oxygens (including phenoxy) is 1. The maximum absolute atomic E-state index is 12.5. The maximum Gasteiger partial charge on any atom is 0.375 e. The predicted octanol–water partition coefficient (Wildman–Crippen LogP) is 1.84. The average Bonchev–Trinajstić information content (AvgIpc) is 2.23. The minimum absolute atomic E-state index is 0.270. The monoisotopic (exact) mass is 266 g/mol. The van der Waals surface area contributed by atoms with Gasteiger partial charge in [0.25, 0.3) is 0 Å². The molecule has 0 aromatic rings. The van der Waals surface area contributed by atoms with E-state index in [-0.39, 0.29) is 6.10 Å². The van der Waals surface area contributed by atoms with Crippen LogP contribution in [-0.4, -0.2) is 28.6 Å². The molecule has 0 aromatic heterocycles. The molecule has 0 heterocycles. The van der Waals surface area contributed by atoms with Crippen LogP contribution in [0.2, 0.25) is 0 Å². The largest absolute Gasteiger partial charge is 0.457 e. The molecule has 0 aliphatic heterocycles. The van der Waals surface area contributed by atoms with Gasteiger partial charge in [0.2, 0.25) is 5.78 Å². The molecule has 4 nitrogen and oxygen atoms in total. The first-order valence-electron chi connectivity index (χ1n) is 7.30. The molecule has 4 rings (SSSR count). The number of hydrogen-bond acceptors (Lipinski definition) is 4. The van der Waals surface area contributed by atoms with Gasteiger partial charge in [-0.3, -0.25) is 4.79 Å². The minimum atomic E-state index is -0.710. The predicted molar refractivity (Wildman–Crippen MR) is 68.3 cm³/mol. The van der Waals surface area contributed by atoms with Crippen molar-refractivity contribution in [3.05, 3.63) is 0 Å². The van der Waals surface area contributed by atoms with Crippen LogP contribution in [0.25, 0.3) is 0 Å². The summed E-state index contributed by atoms with van der Waals surface area (Å²) in [6.07, 6.45) is 4.43. The summed E-state index contributed by atoms with van der Waals surface area (Å²) in [5, 5.41) is 10.6. The van der Waals surface area contributed by atoms with E-state index in [4.69, 9.17) is 4.74 Å². The quantitative estimate of drug-likeness (QED) is 0.625. The van der Waals surface area contributed by atoms with E-state index in [1.54, 1.807) is 13.8 Å². The lowest BCUT2D eigenvalue weighted by atomic mass is 9.47. The van der Waals surface area contributed by atoms with Crippen molar-refractivity contribution in [2.45, 2.75) is 64.1 Å². The van der Waals surface area contributed by atoms with Crippen LogP contribution >= 0.6 is 0 Å². The molecule has 106 valence electrons. The molecule has 4 saturated carbocycles. The van der Waals surface area contributed by atoms with Gasteiger partial charge in [0, 0.05) is 5.41 Å². The van der Waals surface area contributed by atoms with E-state index >= 15 is 0 Å². The van der Waals surface area contributed by atoms with Crippen molar-refractivity contribution in [3.8, 4) is 0 Å². The average molecular weight is 266 g/mol. The Balaban J connectivity index is 1.83. The molecule has 4 fully saturated rings. The van der Waals surface area contributed by atoms with Gasteiger partial charge < -0.3 is 9.84 Å².